The topological polar surface area (TPSA) is 127 Å². The predicted octanol–water partition coefficient (Wildman–Crippen LogP) is -2.22. The molecule has 0 aliphatic heterocycles. The number of aliphatic hydroxyl groups is 4. The van der Waals surface area contributed by atoms with Crippen LogP contribution in [-0.4, -0.2) is 112 Å². The Balaban J connectivity index is 3.48. The van der Waals surface area contributed by atoms with Gasteiger partial charge in [0.1, 0.15) is 12.2 Å². The lowest BCUT2D eigenvalue weighted by atomic mass is 10.2. The first kappa shape index (κ1) is 22.6. The van der Waals surface area contributed by atoms with Crippen LogP contribution in [0.3, 0.4) is 0 Å². The van der Waals surface area contributed by atoms with Crippen LogP contribution in [0.25, 0.3) is 0 Å². The monoisotopic (exact) mass is 342 g/mol. The third kappa shape index (κ3) is 14.9. The molecule has 0 spiro atoms. The average molecular weight is 342 g/mol. The summed E-state index contributed by atoms with van der Waals surface area (Å²) in [4.78, 5) is 0. The fourth-order valence-electron chi connectivity index (χ4n) is 1.53. The van der Waals surface area contributed by atoms with Gasteiger partial charge in [-0.25, -0.2) is 0 Å². The molecule has 0 aromatic heterocycles. The number of rotatable bonds is 18. The zero-order valence-electron chi connectivity index (χ0n) is 13.5. The Morgan fingerprint density at radius 2 is 1.09 bits per heavy atom. The van der Waals surface area contributed by atoms with Crippen molar-refractivity contribution in [3.8, 4) is 0 Å². The van der Waals surface area contributed by atoms with Gasteiger partial charge in [-0.3, -0.25) is 0 Å². The Labute approximate surface area is 136 Å². The van der Waals surface area contributed by atoms with Crippen molar-refractivity contribution >= 4 is 0 Å². The van der Waals surface area contributed by atoms with E-state index in [-0.39, 0.29) is 46.2 Å². The maximum Gasteiger partial charge on any atom is 0.109 e. The van der Waals surface area contributed by atoms with Crippen LogP contribution < -0.4 is 0 Å². The van der Waals surface area contributed by atoms with Gasteiger partial charge in [0.25, 0.3) is 0 Å². The molecule has 0 saturated heterocycles. The van der Waals surface area contributed by atoms with E-state index in [0.29, 0.717) is 33.0 Å². The van der Waals surface area contributed by atoms with Gasteiger partial charge in [0.2, 0.25) is 0 Å². The zero-order chi connectivity index (χ0) is 17.2. The molecule has 0 heterocycles. The number of hydrogen-bond donors (Lipinski definition) is 4. The molecule has 23 heavy (non-hydrogen) atoms. The maximum atomic E-state index is 9.84. The summed E-state index contributed by atoms with van der Waals surface area (Å²) in [5, 5.41) is 36.0. The van der Waals surface area contributed by atoms with Crippen molar-refractivity contribution < 1.29 is 44.1 Å². The van der Waals surface area contributed by atoms with E-state index in [9.17, 15) is 5.11 Å². The molecule has 0 fully saturated rings. The van der Waals surface area contributed by atoms with Gasteiger partial charge in [-0.15, -0.1) is 0 Å². The molecule has 0 rings (SSSR count). The fourth-order valence-corrected chi connectivity index (χ4v) is 1.53. The van der Waals surface area contributed by atoms with E-state index in [1.807, 2.05) is 0 Å². The molecule has 0 bridgehead atoms. The molecule has 0 amide bonds. The molecule has 0 aliphatic carbocycles. The minimum atomic E-state index is -0.953. The van der Waals surface area contributed by atoms with Crippen LogP contribution in [-0.2, 0) is 23.7 Å². The summed E-state index contributed by atoms with van der Waals surface area (Å²) >= 11 is 0. The lowest BCUT2D eigenvalue weighted by Crippen LogP contribution is -2.37. The van der Waals surface area contributed by atoms with Gasteiger partial charge in [-0.1, -0.05) is 0 Å². The molecule has 0 aliphatic rings. The third-order valence-electron chi connectivity index (χ3n) is 2.67. The smallest absolute Gasteiger partial charge is 0.109 e. The molecule has 140 valence electrons. The molecule has 4 N–H and O–H groups in total. The van der Waals surface area contributed by atoms with Gasteiger partial charge in [-0.2, -0.15) is 0 Å². The van der Waals surface area contributed by atoms with Crippen LogP contribution >= 0.6 is 0 Å². The van der Waals surface area contributed by atoms with Crippen LogP contribution in [0, 0.1) is 0 Å². The van der Waals surface area contributed by atoms with Gasteiger partial charge in [0, 0.05) is 0 Å². The summed E-state index contributed by atoms with van der Waals surface area (Å²) in [5.74, 6) is 0. The lowest BCUT2D eigenvalue weighted by Gasteiger charge is -2.21. The number of ether oxygens (including phenoxy) is 5. The minimum absolute atomic E-state index is 0.0113. The van der Waals surface area contributed by atoms with Crippen molar-refractivity contribution in [2.75, 3.05) is 79.3 Å². The Morgan fingerprint density at radius 1 is 0.609 bits per heavy atom. The quantitative estimate of drug-likeness (QED) is 0.205. The Morgan fingerprint density at radius 3 is 1.61 bits per heavy atom. The van der Waals surface area contributed by atoms with Crippen LogP contribution in [0.15, 0.2) is 0 Å². The Kier molecular flexibility index (Phi) is 17.7. The molecular formula is C14H30O9. The summed E-state index contributed by atoms with van der Waals surface area (Å²) in [6.07, 6.45) is -1.70. The maximum absolute atomic E-state index is 9.84. The molecular weight excluding hydrogens is 312 g/mol. The van der Waals surface area contributed by atoms with Crippen LogP contribution in [0.1, 0.15) is 0 Å². The van der Waals surface area contributed by atoms with E-state index in [2.05, 4.69) is 0 Å². The second kappa shape index (κ2) is 18.0. The van der Waals surface area contributed by atoms with Gasteiger partial charge in [-0.05, 0) is 0 Å². The van der Waals surface area contributed by atoms with Gasteiger partial charge in [0.05, 0.1) is 79.3 Å². The normalized spacial score (nSPS) is 14.1. The first-order valence-electron chi connectivity index (χ1n) is 7.69. The Bertz CT molecular complexity index is 230. The highest BCUT2D eigenvalue weighted by Crippen LogP contribution is 2.00. The summed E-state index contributed by atoms with van der Waals surface area (Å²) in [6, 6.07) is 0. The molecule has 0 saturated carbocycles. The van der Waals surface area contributed by atoms with Crippen molar-refractivity contribution in [1.82, 2.24) is 0 Å². The summed E-state index contributed by atoms with van der Waals surface area (Å²) in [5.41, 5.74) is 0. The summed E-state index contributed by atoms with van der Waals surface area (Å²) in [7, 11) is 0. The first-order chi connectivity index (χ1) is 11.3. The van der Waals surface area contributed by atoms with E-state index >= 15 is 0 Å². The molecule has 9 nitrogen and oxygen atoms in total. The Hall–Kier alpha value is -0.360. The highest BCUT2D eigenvalue weighted by atomic mass is 16.6. The van der Waals surface area contributed by atoms with Crippen LogP contribution in [0.2, 0.25) is 0 Å². The van der Waals surface area contributed by atoms with Crippen molar-refractivity contribution in [3.63, 3.8) is 0 Å². The second-order valence-electron chi connectivity index (χ2n) is 4.52. The summed E-state index contributed by atoms with van der Waals surface area (Å²) in [6.45, 7) is 2.09. The van der Waals surface area contributed by atoms with Crippen molar-refractivity contribution in [2.24, 2.45) is 0 Å². The predicted molar refractivity (Wildman–Crippen MR) is 80.3 cm³/mol. The van der Waals surface area contributed by atoms with Crippen molar-refractivity contribution in [1.29, 1.82) is 0 Å². The van der Waals surface area contributed by atoms with Gasteiger partial charge < -0.3 is 44.1 Å². The molecule has 2 atom stereocenters. The number of aliphatic hydroxyl groups excluding tert-OH is 4. The standard InChI is InChI=1S/C14H30O9/c15-1-3-19-5-6-21-7-8-22-12-13(18)14(11-17)23-10-9-20-4-2-16/h13-18H,1-12H2. The fraction of sp³-hybridized carbons (Fsp3) is 1.00. The molecule has 0 radical (unpaired) electrons. The second-order valence-corrected chi connectivity index (χ2v) is 4.52. The van der Waals surface area contributed by atoms with E-state index in [1.54, 1.807) is 0 Å². The highest BCUT2D eigenvalue weighted by molar-refractivity contribution is 4.67. The van der Waals surface area contributed by atoms with E-state index in [0.717, 1.165) is 0 Å². The van der Waals surface area contributed by atoms with Crippen molar-refractivity contribution in [2.45, 2.75) is 12.2 Å². The SMILES string of the molecule is OCCOCCOCCOCC(O)C(CO)OCCOCCO. The molecule has 0 aromatic rings. The van der Waals surface area contributed by atoms with E-state index in [4.69, 9.17) is 39.0 Å². The zero-order valence-corrected chi connectivity index (χ0v) is 13.5. The van der Waals surface area contributed by atoms with Gasteiger partial charge in [0.15, 0.2) is 0 Å². The largest absolute Gasteiger partial charge is 0.394 e. The molecule has 2 unspecified atom stereocenters. The van der Waals surface area contributed by atoms with Crippen LogP contribution in [0.4, 0.5) is 0 Å². The van der Waals surface area contributed by atoms with Crippen molar-refractivity contribution in [3.05, 3.63) is 0 Å². The van der Waals surface area contributed by atoms with Crippen LogP contribution in [0.5, 0.6) is 0 Å². The number of hydrogen-bond acceptors (Lipinski definition) is 9. The van der Waals surface area contributed by atoms with Gasteiger partial charge >= 0.3 is 0 Å². The third-order valence-corrected chi connectivity index (χ3v) is 2.67. The highest BCUT2D eigenvalue weighted by Gasteiger charge is 2.19. The molecule has 9 heteroatoms. The van der Waals surface area contributed by atoms with E-state index in [1.165, 1.54) is 0 Å². The average Bonchev–Trinajstić information content (AvgIpc) is 2.56. The molecule has 0 aromatic carbocycles. The summed E-state index contributed by atoms with van der Waals surface area (Å²) < 4.78 is 25.8. The lowest BCUT2D eigenvalue weighted by molar-refractivity contribution is -0.104. The minimum Gasteiger partial charge on any atom is -0.394 e. The first-order valence-corrected chi connectivity index (χ1v) is 7.69. The van der Waals surface area contributed by atoms with E-state index < -0.39 is 12.2 Å².